The van der Waals surface area contributed by atoms with Crippen molar-refractivity contribution in [3.8, 4) is 0 Å². The number of benzene rings is 1. The van der Waals surface area contributed by atoms with E-state index in [1.807, 2.05) is 38.1 Å². The van der Waals surface area contributed by atoms with Gasteiger partial charge < -0.3 is 10.1 Å². The Morgan fingerprint density at radius 1 is 1.38 bits per heavy atom. The zero-order chi connectivity index (χ0) is 12.0. The molecule has 0 amide bonds. The summed E-state index contributed by atoms with van der Waals surface area (Å²) in [4.78, 5) is 11.2. The molecule has 1 rings (SSSR count). The summed E-state index contributed by atoms with van der Waals surface area (Å²) in [6.07, 6.45) is -0.0650. The first-order valence-corrected chi connectivity index (χ1v) is 5.60. The van der Waals surface area contributed by atoms with Crippen molar-refractivity contribution in [1.82, 2.24) is 5.32 Å². The van der Waals surface area contributed by atoms with E-state index in [4.69, 9.17) is 16.3 Å². The van der Waals surface area contributed by atoms with Crippen LogP contribution >= 0.6 is 11.6 Å². The maximum atomic E-state index is 11.2. The van der Waals surface area contributed by atoms with Crippen LogP contribution in [-0.4, -0.2) is 18.6 Å². The van der Waals surface area contributed by atoms with Gasteiger partial charge in [0, 0.05) is 11.6 Å². The minimum atomic E-state index is -0.232. The average molecular weight is 242 g/mol. The van der Waals surface area contributed by atoms with E-state index in [0.29, 0.717) is 11.6 Å². The quantitative estimate of drug-likeness (QED) is 0.805. The van der Waals surface area contributed by atoms with Gasteiger partial charge in [0.25, 0.3) is 0 Å². The highest BCUT2D eigenvalue weighted by Crippen LogP contribution is 2.08. The lowest BCUT2D eigenvalue weighted by molar-refractivity contribution is -0.146. The molecular formula is C12H16ClNO2. The summed E-state index contributed by atoms with van der Waals surface area (Å²) in [6, 6.07) is 7.49. The summed E-state index contributed by atoms with van der Waals surface area (Å²) >= 11 is 5.76. The van der Waals surface area contributed by atoms with E-state index in [1.54, 1.807) is 0 Å². The Bertz CT molecular complexity index is 335. The topological polar surface area (TPSA) is 38.3 Å². The SMILES string of the molecule is CC(C)OC(=O)CNCc1ccc(Cl)cc1. The lowest BCUT2D eigenvalue weighted by atomic mass is 10.2. The number of nitrogens with one attached hydrogen (secondary N) is 1. The predicted molar refractivity (Wildman–Crippen MR) is 64.4 cm³/mol. The normalized spacial score (nSPS) is 10.5. The molecule has 0 radical (unpaired) electrons. The largest absolute Gasteiger partial charge is 0.462 e. The molecule has 1 aromatic carbocycles. The maximum Gasteiger partial charge on any atom is 0.320 e. The second-order valence-corrected chi connectivity index (χ2v) is 4.21. The molecule has 0 aliphatic rings. The van der Waals surface area contributed by atoms with Crippen LogP contribution in [0.1, 0.15) is 19.4 Å². The smallest absolute Gasteiger partial charge is 0.320 e. The molecule has 0 heterocycles. The van der Waals surface area contributed by atoms with E-state index in [-0.39, 0.29) is 18.6 Å². The molecule has 88 valence electrons. The van der Waals surface area contributed by atoms with Gasteiger partial charge in [-0.15, -0.1) is 0 Å². The molecule has 0 spiro atoms. The Balaban J connectivity index is 2.25. The van der Waals surface area contributed by atoms with Crippen molar-refractivity contribution in [2.45, 2.75) is 26.5 Å². The third kappa shape index (κ3) is 5.14. The van der Waals surface area contributed by atoms with E-state index in [2.05, 4.69) is 5.32 Å². The highest BCUT2D eigenvalue weighted by Gasteiger charge is 2.04. The van der Waals surface area contributed by atoms with E-state index in [1.165, 1.54) is 0 Å². The van der Waals surface area contributed by atoms with Crippen molar-refractivity contribution >= 4 is 17.6 Å². The summed E-state index contributed by atoms with van der Waals surface area (Å²) in [5.41, 5.74) is 1.08. The molecule has 0 bridgehead atoms. The zero-order valence-corrected chi connectivity index (χ0v) is 10.3. The minimum absolute atomic E-state index is 0.0650. The van der Waals surface area contributed by atoms with E-state index in [9.17, 15) is 4.79 Å². The molecule has 1 aromatic rings. The van der Waals surface area contributed by atoms with Crippen molar-refractivity contribution in [3.63, 3.8) is 0 Å². The van der Waals surface area contributed by atoms with Crippen LogP contribution in [0.15, 0.2) is 24.3 Å². The van der Waals surface area contributed by atoms with Gasteiger partial charge in [-0.1, -0.05) is 23.7 Å². The Hall–Kier alpha value is -1.06. The van der Waals surface area contributed by atoms with Crippen LogP contribution in [0.4, 0.5) is 0 Å². The van der Waals surface area contributed by atoms with Gasteiger partial charge in [0.05, 0.1) is 12.6 Å². The second kappa shape index (κ2) is 6.51. The average Bonchev–Trinajstić information content (AvgIpc) is 2.20. The molecule has 4 heteroatoms. The van der Waals surface area contributed by atoms with Gasteiger partial charge in [-0.2, -0.15) is 0 Å². The van der Waals surface area contributed by atoms with Crippen LogP contribution in [-0.2, 0) is 16.1 Å². The molecule has 16 heavy (non-hydrogen) atoms. The first-order valence-electron chi connectivity index (χ1n) is 5.22. The minimum Gasteiger partial charge on any atom is -0.462 e. The Labute approximate surface area is 101 Å². The molecular weight excluding hydrogens is 226 g/mol. The van der Waals surface area contributed by atoms with Gasteiger partial charge in [-0.25, -0.2) is 0 Å². The van der Waals surface area contributed by atoms with E-state index in [0.717, 1.165) is 5.56 Å². The first kappa shape index (κ1) is 13.0. The van der Waals surface area contributed by atoms with Gasteiger partial charge in [-0.3, -0.25) is 4.79 Å². The van der Waals surface area contributed by atoms with Crippen LogP contribution in [0.3, 0.4) is 0 Å². The fraction of sp³-hybridized carbons (Fsp3) is 0.417. The summed E-state index contributed by atoms with van der Waals surface area (Å²) < 4.78 is 4.98. The molecule has 1 N–H and O–H groups in total. The summed E-state index contributed by atoms with van der Waals surface area (Å²) in [5.74, 6) is -0.232. The molecule has 0 aliphatic carbocycles. The number of ether oxygens (including phenoxy) is 1. The van der Waals surface area contributed by atoms with Gasteiger partial charge in [0.2, 0.25) is 0 Å². The standard InChI is InChI=1S/C12H16ClNO2/c1-9(2)16-12(15)8-14-7-10-3-5-11(13)6-4-10/h3-6,9,14H,7-8H2,1-2H3. The third-order valence-electron chi connectivity index (χ3n) is 1.88. The van der Waals surface area contributed by atoms with E-state index < -0.39 is 0 Å². The van der Waals surface area contributed by atoms with Crippen LogP contribution < -0.4 is 5.32 Å². The van der Waals surface area contributed by atoms with Crippen molar-refractivity contribution in [1.29, 1.82) is 0 Å². The number of esters is 1. The maximum absolute atomic E-state index is 11.2. The number of rotatable bonds is 5. The number of hydrogen-bond donors (Lipinski definition) is 1. The van der Waals surface area contributed by atoms with Crippen molar-refractivity contribution in [2.75, 3.05) is 6.54 Å². The Morgan fingerprint density at radius 3 is 2.56 bits per heavy atom. The number of hydrogen-bond acceptors (Lipinski definition) is 3. The molecule has 0 aliphatic heterocycles. The van der Waals surface area contributed by atoms with Crippen LogP contribution in [0.25, 0.3) is 0 Å². The fourth-order valence-corrected chi connectivity index (χ4v) is 1.34. The molecule has 0 saturated heterocycles. The fourth-order valence-electron chi connectivity index (χ4n) is 1.22. The summed E-state index contributed by atoms with van der Waals surface area (Å²) in [6.45, 7) is 4.51. The highest BCUT2D eigenvalue weighted by atomic mass is 35.5. The predicted octanol–water partition coefficient (Wildman–Crippen LogP) is 2.38. The third-order valence-corrected chi connectivity index (χ3v) is 2.13. The monoisotopic (exact) mass is 241 g/mol. The zero-order valence-electron chi connectivity index (χ0n) is 9.50. The number of halogens is 1. The summed E-state index contributed by atoms with van der Waals surface area (Å²) in [7, 11) is 0. The molecule has 0 atom stereocenters. The second-order valence-electron chi connectivity index (χ2n) is 3.77. The van der Waals surface area contributed by atoms with Gasteiger partial charge in [0.15, 0.2) is 0 Å². The van der Waals surface area contributed by atoms with Crippen LogP contribution in [0.5, 0.6) is 0 Å². The highest BCUT2D eigenvalue weighted by molar-refractivity contribution is 6.30. The Morgan fingerprint density at radius 2 is 2.00 bits per heavy atom. The lowest BCUT2D eigenvalue weighted by Gasteiger charge is -2.08. The Kier molecular flexibility index (Phi) is 5.29. The van der Waals surface area contributed by atoms with Crippen molar-refractivity contribution < 1.29 is 9.53 Å². The lowest BCUT2D eigenvalue weighted by Crippen LogP contribution is -2.26. The van der Waals surface area contributed by atoms with E-state index >= 15 is 0 Å². The molecule has 0 unspecified atom stereocenters. The molecule has 0 fully saturated rings. The van der Waals surface area contributed by atoms with Crippen LogP contribution in [0.2, 0.25) is 5.02 Å². The molecule has 3 nitrogen and oxygen atoms in total. The van der Waals surface area contributed by atoms with Gasteiger partial charge in [-0.05, 0) is 31.5 Å². The van der Waals surface area contributed by atoms with Gasteiger partial charge in [0.1, 0.15) is 0 Å². The number of carbonyl (C=O) groups excluding carboxylic acids is 1. The van der Waals surface area contributed by atoms with Crippen LogP contribution in [0, 0.1) is 0 Å². The molecule has 0 saturated carbocycles. The number of carbonyl (C=O) groups is 1. The van der Waals surface area contributed by atoms with Crippen molar-refractivity contribution in [2.24, 2.45) is 0 Å². The van der Waals surface area contributed by atoms with Crippen molar-refractivity contribution in [3.05, 3.63) is 34.9 Å². The van der Waals surface area contributed by atoms with Gasteiger partial charge >= 0.3 is 5.97 Å². The first-order chi connectivity index (χ1) is 7.58. The molecule has 0 aromatic heterocycles. The summed E-state index contributed by atoms with van der Waals surface area (Å²) in [5, 5.41) is 3.72.